The van der Waals surface area contributed by atoms with E-state index in [4.69, 9.17) is 0 Å². The van der Waals surface area contributed by atoms with Gasteiger partial charge in [0.2, 0.25) is 0 Å². The maximum Gasteiger partial charge on any atom is 0.271 e. The lowest BCUT2D eigenvalue weighted by Gasteiger charge is -2.15. The minimum Gasteiger partial charge on any atom is -0.373 e. The maximum atomic E-state index is 11.6. The zero-order valence-corrected chi connectivity index (χ0v) is 12.0. The minimum absolute atomic E-state index is 0.223. The van der Waals surface area contributed by atoms with Crippen LogP contribution in [0.2, 0.25) is 0 Å². The third-order valence-corrected chi connectivity index (χ3v) is 2.94. The first-order valence-electron chi connectivity index (χ1n) is 6.39. The predicted octanol–water partition coefficient (Wildman–Crippen LogP) is 1.19. The number of amides is 1. The van der Waals surface area contributed by atoms with Gasteiger partial charge in [0.05, 0.1) is 0 Å². The normalized spacial score (nSPS) is 10.7. The molecule has 2 N–H and O–H groups in total. The average Bonchev–Trinajstić information content (AvgIpc) is 2.95. The van der Waals surface area contributed by atoms with Crippen LogP contribution in [0.5, 0.6) is 0 Å². The van der Waals surface area contributed by atoms with Crippen LogP contribution in [0.1, 0.15) is 35.8 Å². The first-order valence-corrected chi connectivity index (χ1v) is 6.39. The number of hydrogen-bond donors (Lipinski definition) is 2. The lowest BCUT2D eigenvalue weighted by atomic mass is 10.0. The third-order valence-electron chi connectivity index (χ3n) is 2.94. The molecule has 1 amide bonds. The summed E-state index contributed by atoms with van der Waals surface area (Å²) in [5, 5.41) is 9.86. The summed E-state index contributed by atoms with van der Waals surface area (Å²) in [5.41, 5.74) is 1.31. The van der Waals surface area contributed by atoms with Crippen LogP contribution in [0.15, 0.2) is 18.6 Å². The number of carbonyl (C=O) groups excluding carboxylic acids is 1. The minimum atomic E-state index is -0.224. The Labute approximate surface area is 117 Å². The Morgan fingerprint density at radius 1 is 1.30 bits per heavy atom. The largest absolute Gasteiger partial charge is 0.373 e. The number of nitrogens with one attached hydrogen (secondary N) is 2. The summed E-state index contributed by atoms with van der Waals surface area (Å²) >= 11 is 0. The van der Waals surface area contributed by atoms with Gasteiger partial charge in [-0.05, 0) is 12.0 Å². The van der Waals surface area contributed by atoms with E-state index in [2.05, 4.69) is 39.5 Å². The highest BCUT2D eigenvalue weighted by Gasteiger charge is 2.17. The van der Waals surface area contributed by atoms with E-state index in [0.717, 1.165) is 11.4 Å². The highest BCUT2D eigenvalue weighted by Crippen LogP contribution is 2.26. The standard InChI is InChI=1S/C13H18N6O/c1-8(2)10-11(14-3)16-7-17-12(10)19-6-5-9(18-19)13(20)15-4/h5-8H,1-4H3,(H,15,20)(H,14,16,17). The molecule has 0 radical (unpaired) electrons. The number of nitrogens with zero attached hydrogens (tertiary/aromatic N) is 4. The fraction of sp³-hybridized carbons (Fsp3) is 0.385. The molecular formula is C13H18N6O. The Morgan fingerprint density at radius 3 is 2.65 bits per heavy atom. The molecule has 0 aliphatic heterocycles. The molecule has 0 aliphatic rings. The summed E-state index contributed by atoms with van der Waals surface area (Å²) in [6.07, 6.45) is 3.20. The van der Waals surface area contributed by atoms with Crippen molar-refractivity contribution in [1.82, 2.24) is 25.1 Å². The highest BCUT2D eigenvalue weighted by atomic mass is 16.1. The molecule has 0 spiro atoms. The van der Waals surface area contributed by atoms with Crippen molar-refractivity contribution in [1.29, 1.82) is 0 Å². The fourth-order valence-corrected chi connectivity index (χ4v) is 1.99. The number of hydrogen-bond acceptors (Lipinski definition) is 5. The smallest absolute Gasteiger partial charge is 0.271 e. The quantitative estimate of drug-likeness (QED) is 0.874. The Hall–Kier alpha value is -2.44. The summed E-state index contributed by atoms with van der Waals surface area (Å²) in [6, 6.07) is 1.66. The van der Waals surface area contributed by atoms with Gasteiger partial charge in [0.25, 0.3) is 5.91 Å². The van der Waals surface area contributed by atoms with Crippen LogP contribution in [0.4, 0.5) is 5.82 Å². The highest BCUT2D eigenvalue weighted by molar-refractivity contribution is 5.91. The average molecular weight is 274 g/mol. The molecule has 0 aliphatic carbocycles. The van der Waals surface area contributed by atoms with E-state index >= 15 is 0 Å². The molecule has 2 aromatic rings. The topological polar surface area (TPSA) is 84.7 Å². The molecule has 2 rings (SSSR count). The zero-order chi connectivity index (χ0) is 14.7. The Bertz CT molecular complexity index is 619. The van der Waals surface area contributed by atoms with Crippen molar-refractivity contribution in [2.75, 3.05) is 19.4 Å². The van der Waals surface area contributed by atoms with Crippen LogP contribution >= 0.6 is 0 Å². The van der Waals surface area contributed by atoms with Crippen LogP contribution in [0.3, 0.4) is 0 Å². The molecule has 0 saturated heterocycles. The predicted molar refractivity (Wildman–Crippen MR) is 76.2 cm³/mol. The molecule has 0 bridgehead atoms. The van der Waals surface area contributed by atoms with Gasteiger partial charge in [-0.25, -0.2) is 14.6 Å². The van der Waals surface area contributed by atoms with Gasteiger partial charge in [0, 0.05) is 25.9 Å². The summed E-state index contributed by atoms with van der Waals surface area (Å²) in [7, 11) is 3.39. The van der Waals surface area contributed by atoms with Gasteiger partial charge < -0.3 is 10.6 Å². The summed E-state index contributed by atoms with van der Waals surface area (Å²) in [5.74, 6) is 1.44. The molecule has 0 aromatic carbocycles. The van der Waals surface area contributed by atoms with E-state index in [1.807, 2.05) is 7.05 Å². The molecule has 0 saturated carbocycles. The maximum absolute atomic E-state index is 11.6. The van der Waals surface area contributed by atoms with E-state index in [-0.39, 0.29) is 11.8 Å². The first kappa shape index (κ1) is 14.0. The van der Waals surface area contributed by atoms with Gasteiger partial charge in [-0.1, -0.05) is 13.8 Å². The first-order chi connectivity index (χ1) is 9.58. The van der Waals surface area contributed by atoms with Crippen molar-refractivity contribution in [2.24, 2.45) is 0 Å². The van der Waals surface area contributed by atoms with E-state index in [1.54, 1.807) is 24.0 Å². The molecule has 20 heavy (non-hydrogen) atoms. The molecule has 7 nitrogen and oxygen atoms in total. The molecule has 2 aromatic heterocycles. The molecule has 106 valence electrons. The van der Waals surface area contributed by atoms with Gasteiger partial charge in [-0.3, -0.25) is 4.79 Å². The van der Waals surface area contributed by atoms with Crippen molar-refractivity contribution >= 4 is 11.7 Å². The number of aromatic nitrogens is 4. The zero-order valence-electron chi connectivity index (χ0n) is 12.0. The van der Waals surface area contributed by atoms with Gasteiger partial charge in [0.1, 0.15) is 12.1 Å². The summed E-state index contributed by atoms with van der Waals surface area (Å²) < 4.78 is 1.60. The van der Waals surface area contributed by atoms with Crippen LogP contribution in [-0.2, 0) is 0 Å². The van der Waals surface area contributed by atoms with E-state index in [9.17, 15) is 4.79 Å². The third kappa shape index (κ3) is 2.47. The van der Waals surface area contributed by atoms with Crippen molar-refractivity contribution in [2.45, 2.75) is 19.8 Å². The van der Waals surface area contributed by atoms with E-state index in [1.165, 1.54) is 6.33 Å². The molecule has 0 fully saturated rings. The molecule has 0 unspecified atom stereocenters. The lowest BCUT2D eigenvalue weighted by Crippen LogP contribution is -2.19. The van der Waals surface area contributed by atoms with Crippen molar-refractivity contribution in [3.05, 3.63) is 29.8 Å². The second kappa shape index (κ2) is 5.68. The van der Waals surface area contributed by atoms with Crippen LogP contribution < -0.4 is 10.6 Å². The van der Waals surface area contributed by atoms with Crippen molar-refractivity contribution in [3.63, 3.8) is 0 Å². The summed E-state index contributed by atoms with van der Waals surface area (Å²) in [6.45, 7) is 4.12. The number of carbonyl (C=O) groups is 1. The second-order valence-corrected chi connectivity index (χ2v) is 4.59. The number of rotatable bonds is 4. The van der Waals surface area contributed by atoms with Crippen molar-refractivity contribution in [3.8, 4) is 5.82 Å². The SMILES string of the molecule is CNC(=O)c1ccn(-c2ncnc(NC)c2C(C)C)n1. The van der Waals surface area contributed by atoms with Crippen molar-refractivity contribution < 1.29 is 4.79 Å². The molecular weight excluding hydrogens is 256 g/mol. The van der Waals surface area contributed by atoms with Crippen LogP contribution in [0.25, 0.3) is 5.82 Å². The van der Waals surface area contributed by atoms with Gasteiger partial charge >= 0.3 is 0 Å². The molecule has 0 atom stereocenters. The Balaban J connectivity index is 2.52. The number of anilines is 1. The molecule has 2 heterocycles. The monoisotopic (exact) mass is 274 g/mol. The summed E-state index contributed by atoms with van der Waals surface area (Å²) in [4.78, 5) is 20.1. The van der Waals surface area contributed by atoms with Crippen LogP contribution in [0, 0.1) is 0 Å². The second-order valence-electron chi connectivity index (χ2n) is 4.59. The molecule has 7 heteroatoms. The van der Waals surface area contributed by atoms with E-state index in [0.29, 0.717) is 11.5 Å². The fourth-order valence-electron chi connectivity index (χ4n) is 1.99. The van der Waals surface area contributed by atoms with Crippen LogP contribution in [-0.4, -0.2) is 39.8 Å². The van der Waals surface area contributed by atoms with Gasteiger partial charge in [-0.15, -0.1) is 0 Å². The van der Waals surface area contributed by atoms with Gasteiger partial charge in [0.15, 0.2) is 11.5 Å². The van der Waals surface area contributed by atoms with Gasteiger partial charge in [-0.2, -0.15) is 5.10 Å². The lowest BCUT2D eigenvalue weighted by molar-refractivity contribution is 0.0957. The Kier molecular flexibility index (Phi) is 3.97. The van der Waals surface area contributed by atoms with E-state index < -0.39 is 0 Å². The Morgan fingerprint density at radius 2 is 2.05 bits per heavy atom.